The highest BCUT2D eigenvalue weighted by molar-refractivity contribution is 6.09. The predicted octanol–water partition coefficient (Wildman–Crippen LogP) is 1.39. The Bertz CT molecular complexity index is 537. The van der Waals surface area contributed by atoms with Crippen molar-refractivity contribution >= 4 is 17.7 Å². The van der Waals surface area contributed by atoms with Gasteiger partial charge in [0.25, 0.3) is 0 Å². The van der Waals surface area contributed by atoms with Crippen molar-refractivity contribution in [2.24, 2.45) is 17.9 Å². The minimum absolute atomic E-state index is 0.125. The molecule has 0 aromatic carbocycles. The first-order valence-corrected chi connectivity index (χ1v) is 6.50. The number of aliphatic carboxylic acids is 1. The lowest BCUT2D eigenvalue weighted by Crippen LogP contribution is -2.59. The molecule has 1 amide bonds. The molecule has 0 aliphatic heterocycles. The number of amides is 1. The Labute approximate surface area is 110 Å². The number of carboxylic acid groups (broad SMARTS) is 1. The molecule has 2 fully saturated rings. The molecule has 0 unspecified atom stereocenters. The molecule has 19 heavy (non-hydrogen) atoms. The molecule has 1 heterocycles. The lowest BCUT2D eigenvalue weighted by Gasteiger charge is -2.57. The van der Waals surface area contributed by atoms with Crippen molar-refractivity contribution < 1.29 is 14.7 Å². The number of aromatic nitrogens is 2. The summed E-state index contributed by atoms with van der Waals surface area (Å²) in [5, 5.41) is 16.1. The van der Waals surface area contributed by atoms with Gasteiger partial charge in [0.15, 0.2) is 5.82 Å². The van der Waals surface area contributed by atoms with Gasteiger partial charge in [0, 0.05) is 19.3 Å². The first-order valence-electron chi connectivity index (χ1n) is 6.50. The standard InChI is InChI=1S/C13H17N3O3/c1-16-6-3-9(15-16)14-10(17)13(11(18)19)7-12(8-13)4-2-5-12/h3,6H,2,4-5,7-8H2,1H3,(H,18,19)(H,14,15,17). The van der Waals surface area contributed by atoms with E-state index in [9.17, 15) is 14.7 Å². The number of aryl methyl sites for hydroxylation is 1. The highest BCUT2D eigenvalue weighted by atomic mass is 16.4. The zero-order valence-electron chi connectivity index (χ0n) is 10.8. The van der Waals surface area contributed by atoms with Crippen LogP contribution in [0.1, 0.15) is 32.1 Å². The number of nitrogens with one attached hydrogen (secondary N) is 1. The summed E-state index contributed by atoms with van der Waals surface area (Å²) in [5.74, 6) is -1.04. The summed E-state index contributed by atoms with van der Waals surface area (Å²) in [6, 6.07) is 1.66. The first kappa shape index (κ1) is 12.2. The lowest BCUT2D eigenvalue weighted by molar-refractivity contribution is -0.178. The molecule has 0 radical (unpaired) electrons. The maximum absolute atomic E-state index is 12.3. The third kappa shape index (κ3) is 1.74. The largest absolute Gasteiger partial charge is 0.480 e. The van der Waals surface area contributed by atoms with E-state index in [0.29, 0.717) is 18.7 Å². The van der Waals surface area contributed by atoms with Gasteiger partial charge in [-0.05, 0) is 31.1 Å². The second kappa shape index (κ2) is 3.82. The summed E-state index contributed by atoms with van der Waals surface area (Å²) < 4.78 is 1.57. The average molecular weight is 263 g/mol. The number of hydrogen-bond donors (Lipinski definition) is 2. The van der Waals surface area contributed by atoms with Crippen LogP contribution in [0.2, 0.25) is 0 Å². The second-order valence-corrected chi connectivity index (χ2v) is 5.92. The molecule has 0 atom stereocenters. The normalized spacial score (nSPS) is 22.4. The van der Waals surface area contributed by atoms with Crippen molar-refractivity contribution in [3.63, 3.8) is 0 Å². The van der Waals surface area contributed by atoms with E-state index in [1.807, 2.05) is 0 Å². The summed E-state index contributed by atoms with van der Waals surface area (Å²) in [7, 11) is 1.75. The van der Waals surface area contributed by atoms with Gasteiger partial charge in [0.2, 0.25) is 5.91 Å². The molecular weight excluding hydrogens is 246 g/mol. The lowest BCUT2D eigenvalue weighted by atomic mass is 9.45. The first-order chi connectivity index (χ1) is 8.96. The number of anilines is 1. The van der Waals surface area contributed by atoms with Gasteiger partial charge in [0.05, 0.1) is 0 Å². The molecule has 2 N–H and O–H groups in total. The zero-order valence-corrected chi connectivity index (χ0v) is 10.8. The van der Waals surface area contributed by atoms with Gasteiger partial charge in [-0.3, -0.25) is 14.3 Å². The van der Waals surface area contributed by atoms with Gasteiger partial charge >= 0.3 is 5.97 Å². The van der Waals surface area contributed by atoms with E-state index >= 15 is 0 Å². The molecule has 2 aliphatic rings. The molecule has 1 aromatic rings. The summed E-state index contributed by atoms with van der Waals surface area (Å²) in [6.45, 7) is 0. The third-order valence-electron chi connectivity index (χ3n) is 4.57. The second-order valence-electron chi connectivity index (χ2n) is 5.92. The number of carbonyl (C=O) groups is 2. The molecule has 6 nitrogen and oxygen atoms in total. The fourth-order valence-electron chi connectivity index (χ4n) is 3.39. The molecule has 0 bridgehead atoms. The van der Waals surface area contributed by atoms with Crippen molar-refractivity contribution in [3.05, 3.63) is 12.3 Å². The topological polar surface area (TPSA) is 84.2 Å². The summed E-state index contributed by atoms with van der Waals surface area (Å²) in [6.07, 6.45) is 5.90. The van der Waals surface area contributed by atoms with Crippen molar-refractivity contribution in [2.75, 3.05) is 5.32 Å². The number of nitrogens with zero attached hydrogens (tertiary/aromatic N) is 2. The smallest absolute Gasteiger partial charge is 0.319 e. The average Bonchev–Trinajstić information content (AvgIpc) is 2.59. The van der Waals surface area contributed by atoms with E-state index < -0.39 is 17.3 Å². The maximum atomic E-state index is 12.3. The zero-order chi connectivity index (χ0) is 13.7. The summed E-state index contributed by atoms with van der Waals surface area (Å²) >= 11 is 0. The van der Waals surface area contributed by atoms with Gasteiger partial charge in [-0.25, -0.2) is 0 Å². The van der Waals surface area contributed by atoms with Crippen molar-refractivity contribution in [3.8, 4) is 0 Å². The van der Waals surface area contributed by atoms with Crippen LogP contribution in [0.4, 0.5) is 5.82 Å². The highest BCUT2D eigenvalue weighted by Gasteiger charge is 2.65. The Kier molecular flexibility index (Phi) is 2.45. The third-order valence-corrected chi connectivity index (χ3v) is 4.57. The predicted molar refractivity (Wildman–Crippen MR) is 67.4 cm³/mol. The molecule has 1 spiro atoms. The summed E-state index contributed by atoms with van der Waals surface area (Å²) in [5.41, 5.74) is -1.13. The van der Waals surface area contributed by atoms with Gasteiger partial charge in [-0.15, -0.1) is 0 Å². The van der Waals surface area contributed by atoms with Crippen LogP contribution in [-0.2, 0) is 16.6 Å². The van der Waals surface area contributed by atoms with Crippen molar-refractivity contribution in [2.45, 2.75) is 32.1 Å². The number of carbonyl (C=O) groups excluding carboxylic acids is 1. The van der Waals surface area contributed by atoms with Crippen LogP contribution < -0.4 is 5.32 Å². The van der Waals surface area contributed by atoms with E-state index in [0.717, 1.165) is 19.3 Å². The SMILES string of the molecule is Cn1ccc(NC(=O)C2(C(=O)O)CC3(CCC3)C2)n1. The van der Waals surface area contributed by atoms with Crippen LogP contribution in [0.3, 0.4) is 0 Å². The van der Waals surface area contributed by atoms with Crippen LogP contribution in [-0.4, -0.2) is 26.8 Å². The van der Waals surface area contributed by atoms with E-state index in [1.54, 1.807) is 24.0 Å². The Hall–Kier alpha value is -1.85. The van der Waals surface area contributed by atoms with E-state index in [2.05, 4.69) is 10.4 Å². The molecule has 1 aromatic heterocycles. The van der Waals surface area contributed by atoms with Crippen LogP contribution in [0, 0.1) is 10.8 Å². The fraction of sp³-hybridized carbons (Fsp3) is 0.615. The van der Waals surface area contributed by atoms with Crippen LogP contribution in [0.5, 0.6) is 0 Å². The van der Waals surface area contributed by atoms with Crippen LogP contribution in [0.25, 0.3) is 0 Å². The van der Waals surface area contributed by atoms with Gasteiger partial charge in [0.1, 0.15) is 5.41 Å². The fourth-order valence-corrected chi connectivity index (χ4v) is 3.39. The van der Waals surface area contributed by atoms with E-state index in [4.69, 9.17) is 0 Å². The highest BCUT2D eigenvalue weighted by Crippen LogP contribution is 2.64. The van der Waals surface area contributed by atoms with Gasteiger partial charge in [-0.2, -0.15) is 5.10 Å². The Morgan fingerprint density at radius 1 is 1.42 bits per heavy atom. The van der Waals surface area contributed by atoms with E-state index in [1.165, 1.54) is 0 Å². The quantitative estimate of drug-likeness (QED) is 0.807. The monoisotopic (exact) mass is 263 g/mol. The minimum atomic E-state index is -1.25. The maximum Gasteiger partial charge on any atom is 0.319 e. The summed E-state index contributed by atoms with van der Waals surface area (Å²) in [4.78, 5) is 23.7. The van der Waals surface area contributed by atoms with Gasteiger partial charge < -0.3 is 10.4 Å². The van der Waals surface area contributed by atoms with Crippen molar-refractivity contribution in [1.29, 1.82) is 0 Å². The van der Waals surface area contributed by atoms with E-state index in [-0.39, 0.29) is 5.41 Å². The Morgan fingerprint density at radius 2 is 2.11 bits per heavy atom. The molecule has 3 rings (SSSR count). The molecule has 2 aliphatic carbocycles. The Balaban J connectivity index is 1.74. The molecule has 2 saturated carbocycles. The number of hydrogen-bond acceptors (Lipinski definition) is 3. The molecule has 0 saturated heterocycles. The number of rotatable bonds is 3. The molecule has 102 valence electrons. The van der Waals surface area contributed by atoms with Crippen LogP contribution >= 0.6 is 0 Å². The van der Waals surface area contributed by atoms with Crippen molar-refractivity contribution in [1.82, 2.24) is 9.78 Å². The number of carboxylic acids is 1. The molecular formula is C13H17N3O3. The minimum Gasteiger partial charge on any atom is -0.480 e. The Morgan fingerprint density at radius 3 is 2.53 bits per heavy atom. The van der Waals surface area contributed by atoms with Crippen LogP contribution in [0.15, 0.2) is 12.3 Å². The molecule has 6 heteroatoms. The van der Waals surface area contributed by atoms with Gasteiger partial charge in [-0.1, -0.05) is 6.42 Å².